The maximum atomic E-state index is 13.6. The van der Waals surface area contributed by atoms with Gasteiger partial charge in [0.15, 0.2) is 0 Å². The number of carbonyl (C=O) groups excluding carboxylic acids is 1. The maximum absolute atomic E-state index is 13.6. The van der Waals surface area contributed by atoms with Crippen LogP contribution < -0.4 is 9.64 Å². The van der Waals surface area contributed by atoms with Gasteiger partial charge < -0.3 is 9.64 Å². The van der Waals surface area contributed by atoms with Crippen LogP contribution in [0.15, 0.2) is 18.2 Å². The third-order valence-corrected chi connectivity index (χ3v) is 3.13. The first-order valence-electron chi connectivity index (χ1n) is 5.26. The van der Waals surface area contributed by atoms with E-state index in [9.17, 15) is 22.4 Å². The van der Waals surface area contributed by atoms with Gasteiger partial charge >= 0.3 is 6.36 Å². The van der Waals surface area contributed by atoms with Gasteiger partial charge in [-0.3, -0.25) is 4.79 Å². The maximum Gasteiger partial charge on any atom is 0.573 e. The van der Waals surface area contributed by atoms with Gasteiger partial charge in [0.25, 0.3) is 0 Å². The van der Waals surface area contributed by atoms with Crippen LogP contribution in [0.25, 0.3) is 0 Å². The first kappa shape index (κ1) is 14.1. The number of anilines is 1. The smallest absolute Gasteiger partial charge is 0.406 e. The molecule has 1 atom stereocenters. The van der Waals surface area contributed by atoms with E-state index in [0.717, 1.165) is 23.1 Å². The Hall–Kier alpha value is -1.31. The Balaban J connectivity index is 2.30. The quantitative estimate of drug-likeness (QED) is 0.610. The van der Waals surface area contributed by atoms with Crippen molar-refractivity contribution in [3.63, 3.8) is 0 Å². The third kappa shape index (κ3) is 3.37. The second kappa shape index (κ2) is 4.99. The van der Waals surface area contributed by atoms with E-state index in [4.69, 9.17) is 0 Å². The summed E-state index contributed by atoms with van der Waals surface area (Å²) in [5, 5.41) is 0. The van der Waals surface area contributed by atoms with E-state index in [1.807, 2.05) is 0 Å². The molecule has 1 heterocycles. The second-order valence-corrected chi connectivity index (χ2v) is 5.26. The summed E-state index contributed by atoms with van der Waals surface area (Å²) < 4.78 is 53.6. The van der Waals surface area contributed by atoms with Crippen LogP contribution in [-0.2, 0) is 4.79 Å². The van der Waals surface area contributed by atoms with Crippen molar-refractivity contribution in [2.75, 3.05) is 11.4 Å². The van der Waals surface area contributed by atoms with Crippen LogP contribution in [0.3, 0.4) is 0 Å². The van der Waals surface area contributed by atoms with Gasteiger partial charge in [-0.05, 0) is 12.1 Å². The Labute approximate surface area is 114 Å². The molecule has 1 aromatic rings. The van der Waals surface area contributed by atoms with Crippen LogP contribution in [0.1, 0.15) is 6.42 Å². The van der Waals surface area contributed by atoms with E-state index in [1.165, 1.54) is 0 Å². The van der Waals surface area contributed by atoms with Crippen molar-refractivity contribution in [1.29, 1.82) is 0 Å². The fraction of sp³-hybridized carbons (Fsp3) is 0.364. The molecule has 1 aromatic carbocycles. The minimum absolute atomic E-state index is 0.147. The molecule has 0 N–H and O–H groups in total. The lowest BCUT2D eigenvalue weighted by molar-refractivity contribution is -0.274. The minimum Gasteiger partial charge on any atom is -0.406 e. The summed E-state index contributed by atoms with van der Waals surface area (Å²) in [6, 6.07) is 2.56. The van der Waals surface area contributed by atoms with Crippen molar-refractivity contribution in [1.82, 2.24) is 0 Å². The zero-order chi connectivity index (χ0) is 14.2. The fourth-order valence-corrected chi connectivity index (χ4v) is 2.36. The largest absolute Gasteiger partial charge is 0.573 e. The summed E-state index contributed by atoms with van der Waals surface area (Å²) in [6.07, 6.45) is -4.69. The van der Waals surface area contributed by atoms with Crippen LogP contribution >= 0.6 is 15.9 Å². The topological polar surface area (TPSA) is 29.5 Å². The van der Waals surface area contributed by atoms with E-state index in [-0.39, 0.29) is 29.4 Å². The molecule has 104 valence electrons. The van der Waals surface area contributed by atoms with Crippen LogP contribution in [0.5, 0.6) is 5.75 Å². The Bertz CT molecular complexity index is 506. The van der Waals surface area contributed by atoms with Gasteiger partial charge in [0.2, 0.25) is 5.91 Å². The molecule has 8 heteroatoms. The van der Waals surface area contributed by atoms with Crippen molar-refractivity contribution in [2.24, 2.45) is 0 Å². The zero-order valence-corrected chi connectivity index (χ0v) is 11.0. The molecule has 0 bridgehead atoms. The molecule has 1 amide bonds. The molecule has 0 saturated carbocycles. The molecule has 0 radical (unpaired) electrons. The lowest BCUT2D eigenvalue weighted by atomic mass is 10.2. The SMILES string of the molecule is O=C1CC(Br)CN1c1cc(OC(F)(F)F)ccc1F. The Morgan fingerprint density at radius 1 is 1.37 bits per heavy atom. The molecule has 19 heavy (non-hydrogen) atoms. The highest BCUT2D eigenvalue weighted by molar-refractivity contribution is 9.09. The zero-order valence-electron chi connectivity index (χ0n) is 9.38. The number of hydrogen-bond donors (Lipinski definition) is 0. The van der Waals surface area contributed by atoms with Crippen molar-refractivity contribution < 1.29 is 27.1 Å². The summed E-state index contributed by atoms with van der Waals surface area (Å²) in [4.78, 5) is 12.5. The van der Waals surface area contributed by atoms with E-state index < -0.39 is 17.9 Å². The second-order valence-electron chi connectivity index (χ2n) is 3.97. The Morgan fingerprint density at radius 3 is 2.58 bits per heavy atom. The molecular formula is C11H8BrF4NO2. The van der Waals surface area contributed by atoms with Gasteiger partial charge in [-0.15, -0.1) is 13.2 Å². The highest BCUT2D eigenvalue weighted by Gasteiger charge is 2.33. The summed E-state index contributed by atoms with van der Waals surface area (Å²) in [5.41, 5.74) is -0.214. The molecule has 0 aromatic heterocycles. The molecule has 3 nitrogen and oxygen atoms in total. The number of ether oxygens (including phenoxy) is 1. The number of halogens is 5. The number of amides is 1. The highest BCUT2D eigenvalue weighted by Crippen LogP contribution is 2.32. The summed E-state index contributed by atoms with van der Waals surface area (Å²) >= 11 is 3.21. The standard InChI is InChI=1S/C11H8BrF4NO2/c12-6-3-10(18)17(5-6)9-4-7(1-2-8(9)13)19-11(14,15)16/h1-2,4,6H,3,5H2. The first-order chi connectivity index (χ1) is 8.76. The van der Waals surface area contributed by atoms with Crippen molar-refractivity contribution >= 4 is 27.5 Å². The van der Waals surface area contributed by atoms with Crippen molar-refractivity contribution in [3.8, 4) is 5.75 Å². The molecular weight excluding hydrogens is 334 g/mol. The number of rotatable bonds is 2. The van der Waals surface area contributed by atoms with Gasteiger partial charge in [-0.25, -0.2) is 4.39 Å². The van der Waals surface area contributed by atoms with Crippen molar-refractivity contribution in [3.05, 3.63) is 24.0 Å². The van der Waals surface area contributed by atoms with E-state index in [2.05, 4.69) is 20.7 Å². The molecule has 2 rings (SSSR count). The van der Waals surface area contributed by atoms with Crippen LogP contribution in [-0.4, -0.2) is 23.6 Å². The number of carbonyl (C=O) groups is 1. The Kier molecular flexibility index (Phi) is 3.71. The predicted molar refractivity (Wildman–Crippen MR) is 62.8 cm³/mol. The summed E-state index contributed by atoms with van der Waals surface area (Å²) in [6.45, 7) is 0.200. The third-order valence-electron chi connectivity index (χ3n) is 2.52. The number of nitrogens with zero attached hydrogens (tertiary/aromatic N) is 1. The van der Waals surface area contributed by atoms with Gasteiger partial charge in [0.05, 0.1) is 5.69 Å². The van der Waals surface area contributed by atoms with Crippen LogP contribution in [0.4, 0.5) is 23.2 Å². The molecule has 0 aliphatic carbocycles. The normalized spacial score (nSPS) is 19.9. The lowest BCUT2D eigenvalue weighted by Gasteiger charge is -2.18. The van der Waals surface area contributed by atoms with Gasteiger partial charge in [-0.1, -0.05) is 15.9 Å². The summed E-state index contributed by atoms with van der Waals surface area (Å²) in [5.74, 6) is -1.69. The summed E-state index contributed by atoms with van der Waals surface area (Å²) in [7, 11) is 0. The molecule has 1 saturated heterocycles. The number of benzene rings is 1. The van der Waals surface area contributed by atoms with E-state index in [1.54, 1.807) is 0 Å². The minimum atomic E-state index is -4.86. The predicted octanol–water partition coefficient (Wildman–Crippen LogP) is 3.22. The Morgan fingerprint density at radius 2 is 2.05 bits per heavy atom. The van der Waals surface area contributed by atoms with E-state index in [0.29, 0.717) is 0 Å². The molecule has 1 aliphatic heterocycles. The molecule has 1 unspecified atom stereocenters. The van der Waals surface area contributed by atoms with E-state index >= 15 is 0 Å². The first-order valence-corrected chi connectivity index (χ1v) is 6.17. The average Bonchev–Trinajstić information content (AvgIpc) is 2.58. The number of alkyl halides is 4. The van der Waals surface area contributed by atoms with Gasteiger partial charge in [-0.2, -0.15) is 0 Å². The molecule has 1 aliphatic rings. The molecule has 1 fully saturated rings. The lowest BCUT2D eigenvalue weighted by Crippen LogP contribution is -2.26. The highest BCUT2D eigenvalue weighted by atomic mass is 79.9. The fourth-order valence-electron chi connectivity index (χ4n) is 1.79. The van der Waals surface area contributed by atoms with Gasteiger partial charge in [0, 0.05) is 23.9 Å². The van der Waals surface area contributed by atoms with Crippen LogP contribution in [0, 0.1) is 5.82 Å². The molecule has 0 spiro atoms. The van der Waals surface area contributed by atoms with Gasteiger partial charge in [0.1, 0.15) is 11.6 Å². The van der Waals surface area contributed by atoms with Crippen molar-refractivity contribution in [2.45, 2.75) is 17.6 Å². The van der Waals surface area contributed by atoms with Crippen LogP contribution in [0.2, 0.25) is 0 Å². The average molecular weight is 342 g/mol. The number of hydrogen-bond acceptors (Lipinski definition) is 2. The monoisotopic (exact) mass is 341 g/mol.